The molecule has 0 aliphatic carbocycles. The van der Waals surface area contributed by atoms with Crippen LogP contribution in [0.1, 0.15) is 17.3 Å². The molecule has 4 rings (SSSR count). The Morgan fingerprint density at radius 2 is 1.61 bits per heavy atom. The molecule has 1 amide bonds. The zero-order chi connectivity index (χ0) is 19.3. The lowest BCUT2D eigenvalue weighted by atomic mass is 10.0. The zero-order valence-corrected chi connectivity index (χ0v) is 16.1. The maximum atomic E-state index is 13.0. The van der Waals surface area contributed by atoms with Gasteiger partial charge in [-0.2, -0.15) is 0 Å². The number of amides is 1. The van der Waals surface area contributed by atoms with Crippen LogP contribution >= 0.6 is 11.3 Å². The normalized spacial score (nSPS) is 10.6. The van der Waals surface area contributed by atoms with Crippen LogP contribution < -0.4 is 4.90 Å². The standard InChI is InChI=1S/C22H18N4OS/c1-2-26(22-25-24-20(28-22)19-9-6-14-23-15-19)21(27)18-12-10-17(11-13-18)16-7-4-3-5-8-16/h3-15H,2H2,1H3. The van der Waals surface area contributed by atoms with Gasteiger partial charge in [-0.1, -0.05) is 53.8 Å². The molecular weight excluding hydrogens is 368 g/mol. The van der Waals surface area contributed by atoms with Gasteiger partial charge in [0.25, 0.3) is 5.91 Å². The van der Waals surface area contributed by atoms with Gasteiger partial charge < -0.3 is 0 Å². The number of hydrogen-bond donors (Lipinski definition) is 0. The quantitative estimate of drug-likeness (QED) is 0.488. The maximum absolute atomic E-state index is 13.0. The number of carbonyl (C=O) groups excluding carboxylic acids is 1. The van der Waals surface area contributed by atoms with Crippen LogP contribution in [0.4, 0.5) is 5.13 Å². The lowest BCUT2D eigenvalue weighted by molar-refractivity contribution is 0.0988. The van der Waals surface area contributed by atoms with Crippen LogP contribution in [-0.2, 0) is 0 Å². The molecule has 0 unspecified atom stereocenters. The molecular formula is C22H18N4OS. The van der Waals surface area contributed by atoms with Crippen LogP contribution in [-0.4, -0.2) is 27.6 Å². The maximum Gasteiger partial charge on any atom is 0.260 e. The number of pyridine rings is 1. The molecule has 0 bridgehead atoms. The number of anilines is 1. The summed E-state index contributed by atoms with van der Waals surface area (Å²) in [5.74, 6) is -0.0870. The van der Waals surface area contributed by atoms with E-state index in [4.69, 9.17) is 0 Å². The number of rotatable bonds is 5. The Hall–Kier alpha value is -3.38. The summed E-state index contributed by atoms with van der Waals surface area (Å²) >= 11 is 1.38. The minimum Gasteiger partial charge on any atom is -0.283 e. The minimum atomic E-state index is -0.0870. The molecule has 0 saturated carbocycles. The van der Waals surface area contributed by atoms with Crippen molar-refractivity contribution in [3.05, 3.63) is 84.7 Å². The largest absolute Gasteiger partial charge is 0.283 e. The first-order valence-electron chi connectivity index (χ1n) is 8.97. The summed E-state index contributed by atoms with van der Waals surface area (Å²) in [6.45, 7) is 2.45. The van der Waals surface area contributed by atoms with Crippen LogP contribution in [0, 0.1) is 0 Å². The van der Waals surface area contributed by atoms with Crippen LogP contribution in [0.2, 0.25) is 0 Å². The lowest BCUT2D eigenvalue weighted by Crippen LogP contribution is -2.30. The summed E-state index contributed by atoms with van der Waals surface area (Å²) in [5, 5.41) is 9.77. The van der Waals surface area contributed by atoms with E-state index in [2.05, 4.69) is 27.3 Å². The highest BCUT2D eigenvalue weighted by Gasteiger charge is 2.20. The van der Waals surface area contributed by atoms with Crippen molar-refractivity contribution < 1.29 is 4.79 Å². The second-order valence-corrected chi connectivity index (χ2v) is 7.08. The van der Waals surface area contributed by atoms with E-state index in [9.17, 15) is 4.79 Å². The smallest absolute Gasteiger partial charge is 0.260 e. The highest BCUT2D eigenvalue weighted by Crippen LogP contribution is 2.29. The van der Waals surface area contributed by atoms with Gasteiger partial charge in [0.15, 0.2) is 5.01 Å². The zero-order valence-electron chi connectivity index (χ0n) is 15.3. The highest BCUT2D eigenvalue weighted by atomic mass is 32.1. The van der Waals surface area contributed by atoms with Crippen molar-refractivity contribution in [2.75, 3.05) is 11.4 Å². The van der Waals surface area contributed by atoms with E-state index in [0.717, 1.165) is 21.7 Å². The Morgan fingerprint density at radius 3 is 2.29 bits per heavy atom. The fourth-order valence-electron chi connectivity index (χ4n) is 2.89. The molecule has 0 radical (unpaired) electrons. The Labute approximate surface area is 167 Å². The molecule has 6 heteroatoms. The molecule has 0 saturated heterocycles. The summed E-state index contributed by atoms with van der Waals surface area (Å²) in [6.07, 6.45) is 3.46. The lowest BCUT2D eigenvalue weighted by Gasteiger charge is -2.17. The molecule has 0 atom stereocenters. The van der Waals surface area contributed by atoms with E-state index < -0.39 is 0 Å². The van der Waals surface area contributed by atoms with Gasteiger partial charge in [-0.25, -0.2) is 0 Å². The van der Waals surface area contributed by atoms with Crippen LogP contribution in [0.5, 0.6) is 0 Å². The number of aromatic nitrogens is 3. The van der Waals surface area contributed by atoms with Crippen molar-refractivity contribution in [1.82, 2.24) is 15.2 Å². The molecule has 0 N–H and O–H groups in total. The van der Waals surface area contributed by atoms with Gasteiger partial charge in [-0.3, -0.25) is 14.7 Å². The minimum absolute atomic E-state index is 0.0870. The summed E-state index contributed by atoms with van der Waals surface area (Å²) < 4.78 is 0. The molecule has 2 heterocycles. The van der Waals surface area contributed by atoms with Crippen LogP contribution in [0.25, 0.3) is 21.7 Å². The third-order valence-electron chi connectivity index (χ3n) is 4.35. The average Bonchev–Trinajstić information content (AvgIpc) is 3.25. The van der Waals surface area contributed by atoms with Crippen molar-refractivity contribution in [3.63, 3.8) is 0 Å². The molecule has 138 valence electrons. The van der Waals surface area contributed by atoms with Gasteiger partial charge >= 0.3 is 0 Å². The van der Waals surface area contributed by atoms with Crippen molar-refractivity contribution >= 4 is 22.4 Å². The predicted octanol–water partition coefficient (Wildman–Crippen LogP) is 4.93. The summed E-state index contributed by atoms with van der Waals surface area (Å²) in [5.41, 5.74) is 3.72. The van der Waals surface area contributed by atoms with Crippen LogP contribution in [0.15, 0.2) is 79.1 Å². The fourth-order valence-corrected chi connectivity index (χ4v) is 3.78. The van der Waals surface area contributed by atoms with E-state index >= 15 is 0 Å². The molecule has 28 heavy (non-hydrogen) atoms. The monoisotopic (exact) mass is 386 g/mol. The van der Waals surface area contributed by atoms with Gasteiger partial charge in [-0.15, -0.1) is 10.2 Å². The third-order valence-corrected chi connectivity index (χ3v) is 5.35. The topological polar surface area (TPSA) is 59.0 Å². The molecule has 5 nitrogen and oxygen atoms in total. The van der Waals surface area contributed by atoms with E-state index in [0.29, 0.717) is 17.2 Å². The van der Waals surface area contributed by atoms with Gasteiger partial charge in [0.2, 0.25) is 5.13 Å². The third kappa shape index (κ3) is 3.68. The summed E-state index contributed by atoms with van der Waals surface area (Å²) in [4.78, 5) is 18.8. The molecule has 4 aromatic rings. The Bertz CT molecular complexity index is 1060. The Kier molecular flexibility index (Phi) is 5.21. The van der Waals surface area contributed by atoms with Gasteiger partial charge in [0.05, 0.1) is 0 Å². The SMILES string of the molecule is CCN(C(=O)c1ccc(-c2ccccc2)cc1)c1nnc(-c2cccnc2)s1. The van der Waals surface area contributed by atoms with E-state index in [1.807, 2.05) is 61.5 Å². The molecule has 0 spiro atoms. The Morgan fingerprint density at radius 1 is 0.893 bits per heavy atom. The number of benzene rings is 2. The van der Waals surface area contributed by atoms with Crippen molar-refractivity contribution in [2.24, 2.45) is 0 Å². The first-order chi connectivity index (χ1) is 13.8. The number of nitrogens with zero attached hydrogens (tertiary/aromatic N) is 4. The molecule has 0 fully saturated rings. The first kappa shape index (κ1) is 18.0. The van der Waals surface area contributed by atoms with Crippen LogP contribution in [0.3, 0.4) is 0 Å². The molecule has 2 aromatic heterocycles. The fraction of sp³-hybridized carbons (Fsp3) is 0.0909. The second-order valence-electron chi connectivity index (χ2n) is 6.12. The number of carbonyl (C=O) groups is 1. The van der Waals surface area contributed by atoms with E-state index in [-0.39, 0.29) is 5.91 Å². The van der Waals surface area contributed by atoms with Gasteiger partial charge in [0.1, 0.15) is 0 Å². The molecule has 0 aliphatic rings. The highest BCUT2D eigenvalue weighted by molar-refractivity contribution is 7.18. The second kappa shape index (κ2) is 8.10. The van der Waals surface area contributed by atoms with Gasteiger partial charge in [-0.05, 0) is 42.3 Å². The van der Waals surface area contributed by atoms with Crippen molar-refractivity contribution in [3.8, 4) is 21.7 Å². The van der Waals surface area contributed by atoms with Gasteiger partial charge in [0, 0.05) is 30.1 Å². The summed E-state index contributed by atoms with van der Waals surface area (Å²) in [6, 6.07) is 21.5. The van der Waals surface area contributed by atoms with Crippen molar-refractivity contribution in [2.45, 2.75) is 6.92 Å². The average molecular weight is 386 g/mol. The first-order valence-corrected chi connectivity index (χ1v) is 9.79. The Balaban J connectivity index is 1.57. The number of hydrogen-bond acceptors (Lipinski definition) is 5. The van der Waals surface area contributed by atoms with E-state index in [1.54, 1.807) is 17.3 Å². The predicted molar refractivity (Wildman–Crippen MR) is 112 cm³/mol. The summed E-state index contributed by atoms with van der Waals surface area (Å²) in [7, 11) is 0. The molecule has 0 aliphatic heterocycles. The van der Waals surface area contributed by atoms with E-state index in [1.165, 1.54) is 11.3 Å². The molecule has 2 aromatic carbocycles. The van der Waals surface area contributed by atoms with Crippen molar-refractivity contribution in [1.29, 1.82) is 0 Å².